The summed E-state index contributed by atoms with van der Waals surface area (Å²) in [6, 6.07) is 5.35. The normalized spacial score (nSPS) is 10.7. The lowest BCUT2D eigenvalue weighted by Crippen LogP contribution is -1.91. The molecule has 0 aliphatic heterocycles. The molecule has 84 valence electrons. The van der Waals surface area contributed by atoms with Crippen LogP contribution in [0.5, 0.6) is 0 Å². The fourth-order valence-corrected chi connectivity index (χ4v) is 2.16. The Bertz CT molecular complexity index is 520. The standard InChI is InChI=1S/C11H11Cl2N3/c1-2-7-10(15-16-11(7)14)8-4-3-6(12)5-9(8)13/h3-5H,2H2,1H3,(H3,14,15,16). The Hall–Kier alpha value is -1.19. The maximum absolute atomic E-state index is 6.13. The summed E-state index contributed by atoms with van der Waals surface area (Å²) in [5.74, 6) is 0.517. The maximum Gasteiger partial charge on any atom is 0.149 e. The van der Waals surface area contributed by atoms with Crippen LogP contribution in [-0.4, -0.2) is 10.2 Å². The molecule has 1 aromatic heterocycles. The van der Waals surface area contributed by atoms with Gasteiger partial charge in [-0.25, -0.2) is 0 Å². The van der Waals surface area contributed by atoms with Gasteiger partial charge in [0.2, 0.25) is 0 Å². The van der Waals surface area contributed by atoms with Crippen molar-refractivity contribution in [2.45, 2.75) is 13.3 Å². The molecule has 0 atom stereocenters. The van der Waals surface area contributed by atoms with Gasteiger partial charge in [-0.1, -0.05) is 30.1 Å². The second-order valence-electron chi connectivity index (χ2n) is 3.44. The number of hydrogen-bond donors (Lipinski definition) is 2. The van der Waals surface area contributed by atoms with Gasteiger partial charge in [0.25, 0.3) is 0 Å². The van der Waals surface area contributed by atoms with E-state index >= 15 is 0 Å². The first-order valence-corrected chi connectivity index (χ1v) is 5.67. The van der Waals surface area contributed by atoms with Crippen molar-refractivity contribution in [2.75, 3.05) is 5.73 Å². The molecule has 3 N–H and O–H groups in total. The van der Waals surface area contributed by atoms with E-state index in [1.54, 1.807) is 12.1 Å². The van der Waals surface area contributed by atoms with Gasteiger partial charge in [-0.05, 0) is 24.6 Å². The van der Waals surface area contributed by atoms with Crippen LogP contribution in [-0.2, 0) is 6.42 Å². The molecule has 0 bridgehead atoms. The Morgan fingerprint density at radius 1 is 1.38 bits per heavy atom. The summed E-state index contributed by atoms with van der Waals surface area (Å²) in [7, 11) is 0. The van der Waals surface area contributed by atoms with Crippen molar-refractivity contribution in [1.82, 2.24) is 10.2 Å². The number of nitrogens with two attached hydrogens (primary N) is 1. The molecule has 0 radical (unpaired) electrons. The minimum atomic E-state index is 0.517. The highest BCUT2D eigenvalue weighted by molar-refractivity contribution is 6.36. The Balaban J connectivity index is 2.58. The first-order chi connectivity index (χ1) is 7.63. The Labute approximate surface area is 104 Å². The van der Waals surface area contributed by atoms with Gasteiger partial charge in [0.15, 0.2) is 0 Å². The van der Waals surface area contributed by atoms with E-state index in [9.17, 15) is 0 Å². The number of rotatable bonds is 2. The largest absolute Gasteiger partial charge is 0.382 e. The molecule has 1 aromatic carbocycles. The predicted octanol–water partition coefficient (Wildman–Crippen LogP) is 3.53. The van der Waals surface area contributed by atoms with Crippen LogP contribution in [0.1, 0.15) is 12.5 Å². The van der Waals surface area contributed by atoms with Gasteiger partial charge in [0, 0.05) is 16.1 Å². The molecule has 0 amide bonds. The zero-order chi connectivity index (χ0) is 11.7. The predicted molar refractivity (Wildman–Crippen MR) is 67.8 cm³/mol. The molecule has 16 heavy (non-hydrogen) atoms. The van der Waals surface area contributed by atoms with Gasteiger partial charge >= 0.3 is 0 Å². The molecule has 0 fully saturated rings. The second kappa shape index (κ2) is 4.36. The lowest BCUT2D eigenvalue weighted by Gasteiger charge is -2.04. The number of H-pyrrole nitrogens is 1. The van der Waals surface area contributed by atoms with Gasteiger partial charge < -0.3 is 5.73 Å². The number of nitrogen functional groups attached to an aromatic ring is 1. The lowest BCUT2D eigenvalue weighted by molar-refractivity contribution is 1.10. The Morgan fingerprint density at radius 3 is 2.75 bits per heavy atom. The molecule has 0 unspecified atom stereocenters. The molecule has 2 aromatic rings. The molecule has 0 spiro atoms. The highest BCUT2D eigenvalue weighted by atomic mass is 35.5. The van der Waals surface area contributed by atoms with Crippen molar-refractivity contribution in [3.63, 3.8) is 0 Å². The topological polar surface area (TPSA) is 54.7 Å². The average Bonchev–Trinajstić information content (AvgIpc) is 2.59. The van der Waals surface area contributed by atoms with Gasteiger partial charge in [-0.15, -0.1) is 0 Å². The SMILES string of the molecule is CCc1c(N)n[nH]c1-c1ccc(Cl)cc1Cl. The quantitative estimate of drug-likeness (QED) is 0.863. The van der Waals surface area contributed by atoms with Crippen LogP contribution in [0.25, 0.3) is 11.3 Å². The number of nitrogens with zero attached hydrogens (tertiary/aromatic N) is 1. The van der Waals surface area contributed by atoms with Crippen LogP contribution in [0.2, 0.25) is 10.0 Å². The number of hydrogen-bond acceptors (Lipinski definition) is 2. The third kappa shape index (κ3) is 1.88. The van der Waals surface area contributed by atoms with Crippen LogP contribution < -0.4 is 5.73 Å². The first kappa shape index (κ1) is 11.3. The highest BCUT2D eigenvalue weighted by Gasteiger charge is 2.13. The van der Waals surface area contributed by atoms with Crippen LogP contribution in [0.4, 0.5) is 5.82 Å². The van der Waals surface area contributed by atoms with E-state index in [2.05, 4.69) is 10.2 Å². The number of anilines is 1. The molecule has 0 aliphatic carbocycles. The Morgan fingerprint density at radius 2 is 2.12 bits per heavy atom. The van der Waals surface area contributed by atoms with Crippen LogP contribution >= 0.6 is 23.2 Å². The van der Waals surface area contributed by atoms with Crippen molar-refractivity contribution in [3.05, 3.63) is 33.8 Å². The number of aromatic nitrogens is 2. The number of aromatic amines is 1. The monoisotopic (exact) mass is 255 g/mol. The molecule has 0 saturated carbocycles. The molecule has 0 aliphatic rings. The van der Waals surface area contributed by atoms with E-state index in [0.29, 0.717) is 15.9 Å². The number of benzene rings is 1. The molecule has 0 saturated heterocycles. The van der Waals surface area contributed by atoms with Crippen molar-refractivity contribution in [3.8, 4) is 11.3 Å². The smallest absolute Gasteiger partial charge is 0.149 e. The summed E-state index contributed by atoms with van der Waals surface area (Å²) in [4.78, 5) is 0. The third-order valence-corrected chi connectivity index (χ3v) is 3.00. The van der Waals surface area contributed by atoms with Crippen molar-refractivity contribution >= 4 is 29.0 Å². The summed E-state index contributed by atoms with van der Waals surface area (Å²) >= 11 is 12.0. The molecular formula is C11H11Cl2N3. The second-order valence-corrected chi connectivity index (χ2v) is 4.28. The van der Waals surface area contributed by atoms with Gasteiger partial charge in [-0.2, -0.15) is 5.10 Å². The van der Waals surface area contributed by atoms with Crippen LogP contribution in [0, 0.1) is 0 Å². The van der Waals surface area contributed by atoms with E-state index in [1.807, 2.05) is 13.0 Å². The van der Waals surface area contributed by atoms with Gasteiger partial charge in [0.1, 0.15) is 5.82 Å². The Kier molecular flexibility index (Phi) is 3.08. The van der Waals surface area contributed by atoms with Crippen molar-refractivity contribution < 1.29 is 0 Å². The highest BCUT2D eigenvalue weighted by Crippen LogP contribution is 2.32. The molecule has 5 heteroatoms. The minimum absolute atomic E-state index is 0.517. The van der Waals surface area contributed by atoms with E-state index in [0.717, 1.165) is 23.2 Å². The van der Waals surface area contributed by atoms with E-state index in [-0.39, 0.29) is 0 Å². The summed E-state index contributed by atoms with van der Waals surface area (Å²) < 4.78 is 0. The maximum atomic E-state index is 6.13. The third-order valence-electron chi connectivity index (χ3n) is 2.45. The number of nitrogens with one attached hydrogen (secondary N) is 1. The van der Waals surface area contributed by atoms with Crippen molar-refractivity contribution in [1.29, 1.82) is 0 Å². The average molecular weight is 256 g/mol. The molecule has 1 heterocycles. The van der Waals surface area contributed by atoms with Crippen LogP contribution in [0.3, 0.4) is 0 Å². The summed E-state index contributed by atoms with van der Waals surface area (Å²) in [6.45, 7) is 2.02. The molecular weight excluding hydrogens is 245 g/mol. The minimum Gasteiger partial charge on any atom is -0.382 e. The molecule has 2 rings (SSSR count). The lowest BCUT2D eigenvalue weighted by atomic mass is 10.1. The summed E-state index contributed by atoms with van der Waals surface area (Å²) in [5.41, 5.74) is 8.46. The van der Waals surface area contributed by atoms with E-state index in [1.165, 1.54) is 0 Å². The number of halogens is 2. The summed E-state index contributed by atoms with van der Waals surface area (Å²) in [5, 5.41) is 8.09. The van der Waals surface area contributed by atoms with Crippen molar-refractivity contribution in [2.24, 2.45) is 0 Å². The fourth-order valence-electron chi connectivity index (χ4n) is 1.65. The first-order valence-electron chi connectivity index (χ1n) is 4.91. The van der Waals surface area contributed by atoms with E-state index in [4.69, 9.17) is 28.9 Å². The zero-order valence-electron chi connectivity index (χ0n) is 8.72. The molecule has 3 nitrogen and oxygen atoms in total. The van der Waals surface area contributed by atoms with Gasteiger partial charge in [-0.3, -0.25) is 5.10 Å². The zero-order valence-corrected chi connectivity index (χ0v) is 10.2. The van der Waals surface area contributed by atoms with Crippen LogP contribution in [0.15, 0.2) is 18.2 Å². The summed E-state index contributed by atoms with van der Waals surface area (Å²) in [6.07, 6.45) is 0.802. The van der Waals surface area contributed by atoms with Gasteiger partial charge in [0.05, 0.1) is 10.7 Å². The van der Waals surface area contributed by atoms with E-state index < -0.39 is 0 Å². The fraction of sp³-hybridized carbons (Fsp3) is 0.182.